The molecule has 6 aliphatic rings. The number of hydrogen-bond donors (Lipinski definition) is 2. The zero-order chi connectivity index (χ0) is 48.5. The first-order valence-corrected chi connectivity index (χ1v) is 25.4. The predicted molar refractivity (Wildman–Crippen MR) is 261 cm³/mol. The molecule has 0 unspecified atom stereocenters. The molecule has 10 nitrogen and oxygen atoms in total. The number of benzene rings is 2. The molecule has 2 N–H and O–H groups in total. The fourth-order valence-corrected chi connectivity index (χ4v) is 15.8. The van der Waals surface area contributed by atoms with Gasteiger partial charge in [-0.2, -0.15) is 0 Å². The third-order valence-electron chi connectivity index (χ3n) is 19.4. The van der Waals surface area contributed by atoms with Gasteiger partial charge in [0.15, 0.2) is 11.5 Å². The summed E-state index contributed by atoms with van der Waals surface area (Å²) in [6.07, 6.45) is 12.8. The molecule has 2 aromatic rings. The molecule has 0 bridgehead atoms. The molecule has 10 atom stereocenters. The van der Waals surface area contributed by atoms with E-state index in [1.807, 2.05) is 23.1 Å². The summed E-state index contributed by atoms with van der Waals surface area (Å²) in [5, 5.41) is 20.7. The lowest BCUT2D eigenvalue weighted by atomic mass is 9.32. The minimum Gasteiger partial charge on any atom is -0.504 e. The lowest BCUT2D eigenvalue weighted by Gasteiger charge is -2.73. The minimum atomic E-state index is -1.18. The number of carbonyl (C=O) groups is 4. The van der Waals surface area contributed by atoms with Crippen molar-refractivity contribution in [1.82, 2.24) is 9.80 Å². The number of allylic oxidation sites excluding steroid dienone is 1. The summed E-state index contributed by atoms with van der Waals surface area (Å²) in [6, 6.07) is 12.4. The van der Waals surface area contributed by atoms with Crippen LogP contribution in [0.3, 0.4) is 0 Å². The number of amides is 2. The number of piperazine rings is 1. The van der Waals surface area contributed by atoms with Crippen molar-refractivity contribution in [1.29, 1.82) is 0 Å². The zero-order valence-electron chi connectivity index (χ0n) is 41.3. The summed E-state index contributed by atoms with van der Waals surface area (Å²) in [5.74, 6) is 0.871. The van der Waals surface area contributed by atoms with E-state index in [9.17, 15) is 24.6 Å². The van der Waals surface area contributed by atoms with Crippen molar-refractivity contribution >= 4 is 41.4 Å². The molecule has 8 rings (SSSR count). The van der Waals surface area contributed by atoms with E-state index < -0.39 is 22.8 Å². The summed E-state index contributed by atoms with van der Waals surface area (Å²) in [4.78, 5) is 57.8. The number of phenols is 1. The number of carboxylic acids is 1. The Kier molecular flexibility index (Phi) is 13.1. The Morgan fingerprint density at radius 3 is 2.25 bits per heavy atom. The van der Waals surface area contributed by atoms with Gasteiger partial charge in [-0.05, 0) is 172 Å². The zero-order valence-corrected chi connectivity index (χ0v) is 42.1. The largest absolute Gasteiger partial charge is 0.504 e. The number of halogens is 1. The number of esters is 1. The monoisotopic (exact) mass is 939 g/mol. The van der Waals surface area contributed by atoms with Crippen molar-refractivity contribution in [2.75, 3.05) is 26.2 Å². The van der Waals surface area contributed by atoms with Crippen molar-refractivity contribution in [2.24, 2.45) is 62.1 Å². The van der Waals surface area contributed by atoms with Crippen LogP contribution in [0.15, 0.2) is 60.7 Å². The highest BCUT2D eigenvalue weighted by atomic mass is 35.5. The standard InChI is InChI=1S/C56H75ClN2O8/c1-35(2)39-19-24-56(49(63)59-29-27-58(28-30-59)46(61)18-14-36-13-16-41(60)42(32-36)66-34-37-11-10-12-38(57)31-37)26-25-54(8)40(48(39)56)15-17-44-53(7)22-21-45(67-47(62)33-51(3,4)50(64)65)52(5,6)43(53)20-23-55(44,54)9/h10-14,16,18,31-32,39-40,43-45,48,60H,1,15,17,19-30,33-34H2,2-9H3,(H,64,65)/b18-14+/t39-,40+,43-,44+,45-,48+,53-,54+,55+,56-/m0/s1. The topological polar surface area (TPSA) is 134 Å². The van der Waals surface area contributed by atoms with Gasteiger partial charge < -0.3 is 29.5 Å². The van der Waals surface area contributed by atoms with Crippen LogP contribution in [-0.4, -0.2) is 76.0 Å². The Labute approximate surface area is 403 Å². The van der Waals surface area contributed by atoms with Gasteiger partial charge in [-0.1, -0.05) is 76.6 Å². The molecule has 67 heavy (non-hydrogen) atoms. The van der Waals surface area contributed by atoms with E-state index in [4.69, 9.17) is 21.1 Å². The van der Waals surface area contributed by atoms with Gasteiger partial charge in [0, 0.05) is 42.7 Å². The van der Waals surface area contributed by atoms with Gasteiger partial charge in [-0.25, -0.2) is 0 Å². The first-order valence-electron chi connectivity index (χ1n) is 25.0. The van der Waals surface area contributed by atoms with E-state index in [0.717, 1.165) is 75.3 Å². The smallest absolute Gasteiger partial charge is 0.309 e. The number of nitrogens with zero attached hydrogens (tertiary/aromatic N) is 2. The summed E-state index contributed by atoms with van der Waals surface area (Å²) >= 11 is 6.13. The molecule has 5 saturated carbocycles. The van der Waals surface area contributed by atoms with Crippen LogP contribution >= 0.6 is 11.6 Å². The fraction of sp³-hybridized carbons (Fsp3) is 0.643. The van der Waals surface area contributed by atoms with E-state index in [1.165, 1.54) is 5.57 Å². The first kappa shape index (κ1) is 49.1. The molecule has 2 amide bonds. The quantitative estimate of drug-likeness (QED) is 0.129. The van der Waals surface area contributed by atoms with Crippen molar-refractivity contribution in [3.8, 4) is 11.5 Å². The van der Waals surface area contributed by atoms with Crippen LogP contribution in [0.5, 0.6) is 11.5 Å². The molecular formula is C56H75ClN2O8. The van der Waals surface area contributed by atoms with E-state index >= 15 is 4.79 Å². The lowest BCUT2D eigenvalue weighted by molar-refractivity contribution is -0.250. The maximum Gasteiger partial charge on any atom is 0.309 e. The molecule has 6 fully saturated rings. The molecule has 1 aliphatic heterocycles. The maximum atomic E-state index is 15.3. The second kappa shape index (κ2) is 17.9. The number of hydrogen-bond acceptors (Lipinski definition) is 7. The predicted octanol–water partition coefficient (Wildman–Crippen LogP) is 11.4. The van der Waals surface area contributed by atoms with E-state index in [-0.39, 0.29) is 64.3 Å². The van der Waals surface area contributed by atoms with Gasteiger partial charge in [0.2, 0.25) is 11.8 Å². The van der Waals surface area contributed by atoms with Crippen molar-refractivity contribution in [2.45, 2.75) is 139 Å². The van der Waals surface area contributed by atoms with Crippen LogP contribution in [0.25, 0.3) is 6.08 Å². The Hall–Kier alpha value is -4.31. The number of rotatable bonds is 11. The Balaban J connectivity index is 0.938. The number of ether oxygens (including phenoxy) is 2. The molecular weight excluding hydrogens is 864 g/mol. The van der Waals surface area contributed by atoms with E-state index in [2.05, 4.69) is 53.0 Å². The minimum absolute atomic E-state index is 0.0124. The third kappa shape index (κ3) is 8.51. The average Bonchev–Trinajstić information content (AvgIpc) is 3.68. The molecule has 364 valence electrons. The van der Waals surface area contributed by atoms with Crippen molar-refractivity contribution < 1.29 is 38.9 Å². The number of aliphatic carboxylic acids is 1. The summed E-state index contributed by atoms with van der Waals surface area (Å²) in [5.41, 5.74) is 1.12. The number of aromatic hydroxyl groups is 1. The second-order valence-electron chi connectivity index (χ2n) is 23.6. The van der Waals surface area contributed by atoms with Crippen LogP contribution in [0, 0.1) is 62.1 Å². The van der Waals surface area contributed by atoms with Gasteiger partial charge in [-0.15, -0.1) is 0 Å². The highest BCUT2D eigenvalue weighted by molar-refractivity contribution is 6.30. The second-order valence-corrected chi connectivity index (χ2v) is 24.1. The molecule has 1 heterocycles. The van der Waals surface area contributed by atoms with Crippen LogP contribution in [0.2, 0.25) is 5.02 Å². The number of phenolic OH excluding ortho intramolecular Hbond substituents is 1. The maximum absolute atomic E-state index is 15.3. The molecule has 0 aromatic heterocycles. The van der Waals surface area contributed by atoms with Crippen LogP contribution in [0.4, 0.5) is 0 Å². The van der Waals surface area contributed by atoms with Gasteiger partial charge in [0.05, 0.1) is 17.3 Å². The summed E-state index contributed by atoms with van der Waals surface area (Å²) < 4.78 is 12.1. The normalized spacial score (nSPS) is 34.6. The molecule has 1 saturated heterocycles. The summed E-state index contributed by atoms with van der Waals surface area (Å²) in [6.45, 7) is 24.4. The van der Waals surface area contributed by atoms with E-state index in [0.29, 0.717) is 60.6 Å². The Morgan fingerprint density at radius 1 is 0.851 bits per heavy atom. The van der Waals surface area contributed by atoms with Crippen LogP contribution < -0.4 is 4.74 Å². The first-order chi connectivity index (χ1) is 31.5. The van der Waals surface area contributed by atoms with Gasteiger partial charge in [0.25, 0.3) is 0 Å². The molecule has 2 aromatic carbocycles. The molecule has 0 spiro atoms. The van der Waals surface area contributed by atoms with Gasteiger partial charge in [0.1, 0.15) is 12.7 Å². The van der Waals surface area contributed by atoms with Gasteiger partial charge >= 0.3 is 11.9 Å². The fourth-order valence-electron chi connectivity index (χ4n) is 15.6. The lowest BCUT2D eigenvalue weighted by Crippen LogP contribution is -2.68. The molecule has 11 heteroatoms. The van der Waals surface area contributed by atoms with Crippen LogP contribution in [0.1, 0.15) is 137 Å². The SMILES string of the molecule is C=C(C)[C@@H]1CC[C@]2(C(=O)N3CCN(C(=O)/C=C/c4ccc(O)c(OCc5cccc(Cl)c5)c4)CC3)CC[C@]3(C)[C@H](CC[C@@H]4[C@@]5(C)CC[C@H](OC(=O)CC(C)(C)C(=O)O)C(C)(C)[C@@H]5CC[C@]43C)[C@@H]12. The van der Waals surface area contributed by atoms with Crippen molar-refractivity contribution in [3.63, 3.8) is 0 Å². The molecule has 0 radical (unpaired) electrons. The highest BCUT2D eigenvalue weighted by Crippen LogP contribution is 2.78. The van der Waals surface area contributed by atoms with Crippen LogP contribution in [-0.2, 0) is 30.5 Å². The number of carbonyl (C=O) groups excluding carboxylic acids is 3. The number of fused-ring (bicyclic) bond motifs is 7. The third-order valence-corrected chi connectivity index (χ3v) is 19.7. The average molecular weight is 940 g/mol. The van der Waals surface area contributed by atoms with Gasteiger partial charge in [-0.3, -0.25) is 19.2 Å². The molecule has 5 aliphatic carbocycles. The van der Waals surface area contributed by atoms with E-state index in [1.54, 1.807) is 50.3 Å². The number of carboxylic acid groups (broad SMARTS) is 1. The Morgan fingerprint density at radius 2 is 1.57 bits per heavy atom. The summed E-state index contributed by atoms with van der Waals surface area (Å²) in [7, 11) is 0. The van der Waals surface area contributed by atoms with Crippen molar-refractivity contribution in [3.05, 3.63) is 76.8 Å². The highest BCUT2D eigenvalue weighted by Gasteiger charge is 2.72. The Bertz CT molecular complexity index is 2320.